The van der Waals surface area contributed by atoms with Crippen LogP contribution in [0.15, 0.2) is 48.5 Å². The molecule has 2 aromatic carbocycles. The second-order valence-electron chi connectivity index (χ2n) is 5.77. The van der Waals surface area contributed by atoms with Crippen molar-refractivity contribution in [2.45, 2.75) is 20.8 Å². The smallest absolute Gasteiger partial charge is 0.229 e. The minimum atomic E-state index is 0.510. The third-order valence-electron chi connectivity index (χ3n) is 3.63. The lowest BCUT2D eigenvalue weighted by Crippen LogP contribution is -2.03. The first-order valence-electron chi connectivity index (χ1n) is 7.73. The molecule has 122 valence electrons. The van der Waals surface area contributed by atoms with Gasteiger partial charge in [0.1, 0.15) is 5.82 Å². The molecule has 1 heterocycles. The average molecular weight is 339 g/mol. The van der Waals surface area contributed by atoms with Gasteiger partial charge in [0.15, 0.2) is 0 Å². The Labute approximate surface area is 146 Å². The molecule has 0 fully saturated rings. The van der Waals surface area contributed by atoms with Crippen LogP contribution in [0.5, 0.6) is 0 Å². The zero-order valence-electron chi connectivity index (χ0n) is 13.9. The average Bonchev–Trinajstić information content (AvgIpc) is 2.53. The van der Waals surface area contributed by atoms with E-state index < -0.39 is 0 Å². The van der Waals surface area contributed by atoms with Crippen molar-refractivity contribution in [1.82, 2.24) is 9.97 Å². The summed E-state index contributed by atoms with van der Waals surface area (Å²) in [6.07, 6.45) is 0. The first kappa shape index (κ1) is 16.3. The highest BCUT2D eigenvalue weighted by Crippen LogP contribution is 2.25. The summed E-state index contributed by atoms with van der Waals surface area (Å²) in [5.74, 6) is 1.25. The van der Waals surface area contributed by atoms with Gasteiger partial charge in [-0.2, -0.15) is 4.98 Å². The summed E-state index contributed by atoms with van der Waals surface area (Å²) in [4.78, 5) is 8.98. The van der Waals surface area contributed by atoms with E-state index in [1.54, 1.807) is 0 Å². The number of nitrogens with one attached hydrogen (secondary N) is 2. The molecule has 0 saturated heterocycles. The fraction of sp³-hybridized carbons (Fsp3) is 0.158. The molecule has 0 aliphatic carbocycles. The van der Waals surface area contributed by atoms with E-state index in [0.29, 0.717) is 11.0 Å². The minimum absolute atomic E-state index is 0.510. The lowest BCUT2D eigenvalue weighted by molar-refractivity contribution is 1.11. The summed E-state index contributed by atoms with van der Waals surface area (Å²) in [6.45, 7) is 6.08. The maximum absolute atomic E-state index is 6.19. The zero-order chi connectivity index (χ0) is 17.1. The van der Waals surface area contributed by atoms with Gasteiger partial charge >= 0.3 is 0 Å². The molecule has 0 saturated carbocycles. The number of halogens is 1. The Morgan fingerprint density at radius 1 is 0.833 bits per heavy atom. The molecule has 4 nitrogen and oxygen atoms in total. The van der Waals surface area contributed by atoms with Crippen molar-refractivity contribution >= 4 is 34.7 Å². The van der Waals surface area contributed by atoms with Crippen molar-refractivity contribution in [3.05, 3.63) is 70.4 Å². The number of hydrogen-bond acceptors (Lipinski definition) is 4. The Morgan fingerprint density at radius 2 is 1.62 bits per heavy atom. The van der Waals surface area contributed by atoms with Gasteiger partial charge in [0.05, 0.1) is 10.7 Å². The van der Waals surface area contributed by atoms with Crippen LogP contribution in [0.3, 0.4) is 0 Å². The van der Waals surface area contributed by atoms with E-state index in [1.165, 1.54) is 5.56 Å². The highest BCUT2D eigenvalue weighted by atomic mass is 35.5. The summed E-state index contributed by atoms with van der Waals surface area (Å²) in [7, 11) is 0. The number of rotatable bonds is 4. The molecule has 24 heavy (non-hydrogen) atoms. The maximum atomic E-state index is 6.19. The Morgan fingerprint density at radius 3 is 2.42 bits per heavy atom. The molecular formula is C19H19ClN4. The van der Waals surface area contributed by atoms with E-state index in [1.807, 2.05) is 37.3 Å². The van der Waals surface area contributed by atoms with Crippen LogP contribution in [0, 0.1) is 20.8 Å². The Bertz CT molecular complexity index is 877. The number of hydrogen-bond donors (Lipinski definition) is 2. The van der Waals surface area contributed by atoms with Gasteiger partial charge in [0, 0.05) is 17.4 Å². The predicted octanol–water partition coefficient (Wildman–Crippen LogP) is 5.54. The number of anilines is 4. The second-order valence-corrected chi connectivity index (χ2v) is 6.17. The van der Waals surface area contributed by atoms with Gasteiger partial charge in [-0.1, -0.05) is 35.9 Å². The summed E-state index contributed by atoms with van der Waals surface area (Å²) < 4.78 is 0. The van der Waals surface area contributed by atoms with Gasteiger partial charge in [-0.05, 0) is 50.1 Å². The van der Waals surface area contributed by atoms with Crippen LogP contribution in [-0.2, 0) is 0 Å². The maximum Gasteiger partial charge on any atom is 0.229 e. The molecule has 3 rings (SSSR count). The lowest BCUT2D eigenvalue weighted by Gasteiger charge is -2.12. The molecule has 0 aliphatic rings. The van der Waals surface area contributed by atoms with Crippen molar-refractivity contribution in [2.24, 2.45) is 0 Å². The van der Waals surface area contributed by atoms with Crippen LogP contribution in [0.4, 0.5) is 23.1 Å². The number of aromatic nitrogens is 2. The molecule has 0 aliphatic heterocycles. The number of benzene rings is 2. The number of nitrogens with zero attached hydrogens (tertiary/aromatic N) is 2. The second kappa shape index (κ2) is 6.89. The van der Waals surface area contributed by atoms with Crippen molar-refractivity contribution in [3.63, 3.8) is 0 Å². The van der Waals surface area contributed by atoms with E-state index in [2.05, 4.69) is 52.6 Å². The standard InChI is InChI=1S/C19H19ClN4/c1-12-8-9-13(2)17(10-12)22-18-11-14(3)21-19(24-18)23-16-7-5-4-6-15(16)20/h4-11H,1-3H3,(H2,21,22,23,24). The van der Waals surface area contributed by atoms with Crippen LogP contribution in [-0.4, -0.2) is 9.97 Å². The molecule has 0 unspecified atom stereocenters. The van der Waals surface area contributed by atoms with Gasteiger partial charge in [0.25, 0.3) is 0 Å². The highest BCUT2D eigenvalue weighted by Gasteiger charge is 2.07. The molecule has 0 amide bonds. The molecule has 2 N–H and O–H groups in total. The number of aryl methyl sites for hydroxylation is 3. The number of para-hydroxylation sites is 1. The van der Waals surface area contributed by atoms with Crippen LogP contribution < -0.4 is 10.6 Å². The summed E-state index contributed by atoms with van der Waals surface area (Å²) in [6, 6.07) is 15.7. The molecule has 0 bridgehead atoms. The largest absolute Gasteiger partial charge is 0.340 e. The van der Waals surface area contributed by atoms with E-state index >= 15 is 0 Å². The molecule has 1 aromatic heterocycles. The van der Waals surface area contributed by atoms with Crippen molar-refractivity contribution < 1.29 is 0 Å². The topological polar surface area (TPSA) is 49.8 Å². The van der Waals surface area contributed by atoms with Crippen LogP contribution in [0.1, 0.15) is 16.8 Å². The first-order valence-corrected chi connectivity index (χ1v) is 8.10. The van der Waals surface area contributed by atoms with E-state index in [4.69, 9.17) is 11.6 Å². The van der Waals surface area contributed by atoms with E-state index in [0.717, 1.165) is 28.5 Å². The minimum Gasteiger partial charge on any atom is -0.340 e. The third kappa shape index (κ3) is 3.84. The molecule has 0 radical (unpaired) electrons. The molecule has 0 spiro atoms. The molecule has 5 heteroatoms. The van der Waals surface area contributed by atoms with E-state index in [-0.39, 0.29) is 0 Å². The van der Waals surface area contributed by atoms with Crippen molar-refractivity contribution in [1.29, 1.82) is 0 Å². The van der Waals surface area contributed by atoms with Crippen LogP contribution in [0.25, 0.3) is 0 Å². The molecular weight excluding hydrogens is 320 g/mol. The predicted molar refractivity (Wildman–Crippen MR) is 101 cm³/mol. The molecule has 3 aromatic rings. The van der Waals surface area contributed by atoms with Crippen molar-refractivity contribution in [3.8, 4) is 0 Å². The Kier molecular flexibility index (Phi) is 4.67. The lowest BCUT2D eigenvalue weighted by atomic mass is 10.1. The van der Waals surface area contributed by atoms with Crippen LogP contribution >= 0.6 is 11.6 Å². The monoisotopic (exact) mass is 338 g/mol. The van der Waals surface area contributed by atoms with Gasteiger partial charge in [-0.3, -0.25) is 0 Å². The third-order valence-corrected chi connectivity index (χ3v) is 3.96. The van der Waals surface area contributed by atoms with Gasteiger partial charge in [-0.15, -0.1) is 0 Å². The normalized spacial score (nSPS) is 10.5. The first-order chi connectivity index (χ1) is 11.5. The van der Waals surface area contributed by atoms with E-state index in [9.17, 15) is 0 Å². The SMILES string of the molecule is Cc1ccc(C)c(Nc2cc(C)nc(Nc3ccccc3Cl)n2)c1. The fourth-order valence-electron chi connectivity index (χ4n) is 2.38. The summed E-state index contributed by atoms with van der Waals surface area (Å²) in [5, 5.41) is 7.17. The zero-order valence-corrected chi connectivity index (χ0v) is 14.6. The highest BCUT2D eigenvalue weighted by molar-refractivity contribution is 6.33. The van der Waals surface area contributed by atoms with Gasteiger partial charge in [0.2, 0.25) is 5.95 Å². The fourth-order valence-corrected chi connectivity index (χ4v) is 2.56. The Hall–Kier alpha value is -2.59. The van der Waals surface area contributed by atoms with Gasteiger partial charge < -0.3 is 10.6 Å². The summed E-state index contributed by atoms with van der Waals surface area (Å²) in [5.41, 5.74) is 5.05. The quantitative estimate of drug-likeness (QED) is 0.655. The summed E-state index contributed by atoms with van der Waals surface area (Å²) >= 11 is 6.19. The molecule has 0 atom stereocenters. The Balaban J connectivity index is 1.89. The van der Waals surface area contributed by atoms with Crippen LogP contribution in [0.2, 0.25) is 5.02 Å². The van der Waals surface area contributed by atoms with Gasteiger partial charge in [-0.25, -0.2) is 4.98 Å². The van der Waals surface area contributed by atoms with Crippen molar-refractivity contribution in [2.75, 3.05) is 10.6 Å².